The maximum Gasteiger partial charge on any atom is 0.236 e. The number of amides is 1. The summed E-state index contributed by atoms with van der Waals surface area (Å²) >= 11 is 8.42. The predicted molar refractivity (Wildman–Crippen MR) is 110 cm³/mol. The first kappa shape index (κ1) is 18.9. The van der Waals surface area contributed by atoms with Gasteiger partial charge in [0.1, 0.15) is 5.82 Å². The highest BCUT2D eigenvalue weighted by atomic mass is 35.5. The number of carbonyl (C=O) groups is 1. The zero-order chi connectivity index (χ0) is 19.7. The summed E-state index contributed by atoms with van der Waals surface area (Å²) in [5, 5.41) is 12.8. The zero-order valence-electron chi connectivity index (χ0n) is 14.5. The molecule has 0 aliphatic heterocycles. The van der Waals surface area contributed by atoms with Crippen LogP contribution in [-0.4, -0.2) is 31.4 Å². The number of benzene rings is 2. The Kier molecular flexibility index (Phi) is 5.29. The van der Waals surface area contributed by atoms with Crippen LogP contribution in [0.2, 0.25) is 5.02 Å². The number of fused-ring (bicyclic) bond motifs is 1. The average Bonchev–Trinajstić information content (AvgIpc) is 3.23. The number of thiazole rings is 1. The van der Waals surface area contributed by atoms with Crippen LogP contribution in [0.3, 0.4) is 0 Å². The molecule has 4 rings (SSSR count). The van der Waals surface area contributed by atoms with Crippen molar-refractivity contribution in [3.05, 3.63) is 53.3 Å². The molecule has 0 bridgehead atoms. The molecule has 0 unspecified atom stereocenters. The normalized spacial score (nSPS) is 11.1. The third-order valence-electron chi connectivity index (χ3n) is 3.87. The van der Waals surface area contributed by atoms with E-state index < -0.39 is 0 Å². The van der Waals surface area contributed by atoms with E-state index in [0.717, 1.165) is 5.56 Å². The minimum absolute atomic E-state index is 0.150. The van der Waals surface area contributed by atoms with E-state index in [4.69, 9.17) is 11.6 Å². The predicted octanol–water partition coefficient (Wildman–Crippen LogP) is 4.62. The minimum Gasteiger partial charge on any atom is -0.305 e. The second kappa shape index (κ2) is 7.86. The van der Waals surface area contributed by atoms with Crippen LogP contribution in [0, 0.1) is 5.82 Å². The number of nitrogens with one attached hydrogen (secondary N) is 1. The molecule has 0 aliphatic carbocycles. The van der Waals surface area contributed by atoms with E-state index >= 15 is 0 Å². The van der Waals surface area contributed by atoms with Gasteiger partial charge in [-0.2, -0.15) is 0 Å². The average molecular weight is 434 g/mol. The third kappa shape index (κ3) is 4.01. The first-order chi connectivity index (χ1) is 13.5. The first-order valence-corrected chi connectivity index (χ1v) is 10.3. The molecule has 10 heteroatoms. The van der Waals surface area contributed by atoms with Crippen molar-refractivity contribution in [3.63, 3.8) is 0 Å². The summed E-state index contributed by atoms with van der Waals surface area (Å²) in [7, 11) is 1.84. The number of anilines is 1. The fraction of sp³-hybridized carbons (Fsp3) is 0.111. The van der Waals surface area contributed by atoms with Crippen molar-refractivity contribution in [1.82, 2.24) is 19.7 Å². The van der Waals surface area contributed by atoms with Crippen LogP contribution < -0.4 is 5.32 Å². The van der Waals surface area contributed by atoms with Crippen molar-refractivity contribution in [2.75, 3.05) is 11.1 Å². The summed E-state index contributed by atoms with van der Waals surface area (Å²) < 4.78 is 15.8. The van der Waals surface area contributed by atoms with Crippen molar-refractivity contribution in [1.29, 1.82) is 0 Å². The van der Waals surface area contributed by atoms with E-state index in [1.807, 2.05) is 23.7 Å². The smallest absolute Gasteiger partial charge is 0.236 e. The van der Waals surface area contributed by atoms with Crippen molar-refractivity contribution in [3.8, 4) is 11.4 Å². The molecular weight excluding hydrogens is 421 g/mol. The van der Waals surface area contributed by atoms with Crippen molar-refractivity contribution >= 4 is 56.0 Å². The lowest BCUT2D eigenvalue weighted by atomic mass is 10.2. The summed E-state index contributed by atoms with van der Waals surface area (Å²) in [6.45, 7) is 0. The maximum absolute atomic E-state index is 13.3. The van der Waals surface area contributed by atoms with Crippen LogP contribution in [-0.2, 0) is 11.8 Å². The molecule has 1 N–H and O–H groups in total. The van der Waals surface area contributed by atoms with E-state index in [0.29, 0.717) is 31.4 Å². The fourth-order valence-electron chi connectivity index (χ4n) is 2.53. The van der Waals surface area contributed by atoms with Gasteiger partial charge >= 0.3 is 0 Å². The molecule has 0 spiro atoms. The molecule has 2 heterocycles. The molecule has 2 aromatic carbocycles. The van der Waals surface area contributed by atoms with Crippen LogP contribution in [0.5, 0.6) is 0 Å². The first-order valence-electron chi connectivity index (χ1n) is 8.13. The molecule has 0 fully saturated rings. The Morgan fingerprint density at radius 2 is 2.04 bits per heavy atom. The summed E-state index contributed by atoms with van der Waals surface area (Å²) in [5.74, 6) is 0.286. The number of hydrogen-bond donors (Lipinski definition) is 1. The van der Waals surface area contributed by atoms with Crippen LogP contribution in [0.25, 0.3) is 21.6 Å². The third-order valence-corrected chi connectivity index (χ3v) is 6.07. The van der Waals surface area contributed by atoms with Crippen LogP contribution in [0.4, 0.5) is 9.52 Å². The lowest BCUT2D eigenvalue weighted by molar-refractivity contribution is -0.113. The van der Waals surface area contributed by atoms with E-state index in [-0.39, 0.29) is 17.5 Å². The highest BCUT2D eigenvalue weighted by molar-refractivity contribution is 7.99. The summed E-state index contributed by atoms with van der Waals surface area (Å²) in [6, 6.07) is 11.6. The SMILES string of the molecule is Cn1c(SCC(=O)Nc2nc3ccc(F)cc3s2)nnc1-c1ccc(Cl)cc1. The Morgan fingerprint density at radius 1 is 1.25 bits per heavy atom. The van der Waals surface area contributed by atoms with Crippen molar-refractivity contribution in [2.24, 2.45) is 7.05 Å². The van der Waals surface area contributed by atoms with E-state index in [1.54, 1.807) is 18.2 Å². The second-order valence-corrected chi connectivity index (χ2v) is 8.25. The molecule has 2 aromatic heterocycles. The fourth-order valence-corrected chi connectivity index (χ4v) is 4.27. The highest BCUT2D eigenvalue weighted by Crippen LogP contribution is 2.27. The summed E-state index contributed by atoms with van der Waals surface area (Å²) in [5.41, 5.74) is 1.53. The van der Waals surface area contributed by atoms with Gasteiger partial charge in [0.05, 0.1) is 16.0 Å². The molecule has 1 amide bonds. The van der Waals surface area contributed by atoms with Gasteiger partial charge in [-0.3, -0.25) is 4.79 Å². The largest absolute Gasteiger partial charge is 0.305 e. The highest BCUT2D eigenvalue weighted by Gasteiger charge is 2.14. The Hall–Kier alpha value is -2.49. The second-order valence-electron chi connectivity index (χ2n) is 5.84. The maximum atomic E-state index is 13.3. The standard InChI is InChI=1S/C18H13ClFN5OS2/c1-25-16(10-2-4-11(19)5-3-10)23-24-18(25)27-9-15(26)22-17-21-13-7-6-12(20)8-14(13)28-17/h2-8H,9H2,1H3,(H,21,22,26). The lowest BCUT2D eigenvalue weighted by Crippen LogP contribution is -2.14. The Labute approximate surface area is 172 Å². The van der Waals surface area contributed by atoms with Gasteiger partial charge in [0.2, 0.25) is 5.91 Å². The number of aromatic nitrogens is 4. The monoisotopic (exact) mass is 433 g/mol. The van der Waals surface area contributed by atoms with Gasteiger partial charge in [-0.25, -0.2) is 9.37 Å². The minimum atomic E-state index is -0.330. The van der Waals surface area contributed by atoms with E-state index in [1.165, 1.54) is 35.2 Å². The van der Waals surface area contributed by atoms with Gasteiger partial charge in [-0.15, -0.1) is 10.2 Å². The molecule has 28 heavy (non-hydrogen) atoms. The van der Waals surface area contributed by atoms with Crippen LogP contribution in [0.15, 0.2) is 47.6 Å². The zero-order valence-corrected chi connectivity index (χ0v) is 16.9. The number of nitrogens with zero attached hydrogens (tertiary/aromatic N) is 4. The van der Waals surface area contributed by atoms with Crippen LogP contribution in [0.1, 0.15) is 0 Å². The number of carbonyl (C=O) groups excluding carboxylic acids is 1. The van der Waals surface area contributed by atoms with Gasteiger partial charge in [-0.1, -0.05) is 34.7 Å². The number of thioether (sulfide) groups is 1. The summed E-state index contributed by atoms with van der Waals surface area (Å²) in [6.07, 6.45) is 0. The van der Waals surface area contributed by atoms with Gasteiger partial charge in [0, 0.05) is 17.6 Å². The van der Waals surface area contributed by atoms with Gasteiger partial charge in [-0.05, 0) is 42.5 Å². The number of rotatable bonds is 5. The van der Waals surface area contributed by atoms with Gasteiger partial charge in [0.25, 0.3) is 0 Å². The molecule has 0 saturated heterocycles. The Bertz CT molecular complexity index is 1160. The van der Waals surface area contributed by atoms with Gasteiger partial charge in [0.15, 0.2) is 16.1 Å². The van der Waals surface area contributed by atoms with Crippen molar-refractivity contribution in [2.45, 2.75) is 5.16 Å². The molecule has 142 valence electrons. The van der Waals surface area contributed by atoms with E-state index in [9.17, 15) is 9.18 Å². The molecular formula is C18H13ClFN5OS2. The molecule has 0 atom stereocenters. The molecule has 6 nitrogen and oxygen atoms in total. The Morgan fingerprint density at radius 3 is 2.82 bits per heavy atom. The van der Waals surface area contributed by atoms with Gasteiger partial charge < -0.3 is 9.88 Å². The van der Waals surface area contributed by atoms with E-state index in [2.05, 4.69) is 20.5 Å². The molecule has 0 radical (unpaired) electrons. The number of hydrogen-bond acceptors (Lipinski definition) is 6. The Balaban J connectivity index is 1.41. The topological polar surface area (TPSA) is 72.7 Å². The molecule has 4 aromatic rings. The van der Waals surface area contributed by atoms with Crippen molar-refractivity contribution < 1.29 is 9.18 Å². The van der Waals surface area contributed by atoms with Crippen LogP contribution >= 0.6 is 34.7 Å². The molecule has 0 aliphatic rings. The lowest BCUT2D eigenvalue weighted by Gasteiger charge is -2.04. The molecule has 0 saturated carbocycles. The number of halogens is 2. The quantitative estimate of drug-likeness (QED) is 0.465. The summed E-state index contributed by atoms with van der Waals surface area (Å²) in [4.78, 5) is 16.5.